The van der Waals surface area contributed by atoms with Crippen LogP contribution in [0.2, 0.25) is 0 Å². The molecule has 0 atom stereocenters. The van der Waals surface area contributed by atoms with Crippen LogP contribution in [0.3, 0.4) is 0 Å². The second-order valence-corrected chi connectivity index (χ2v) is 7.26. The summed E-state index contributed by atoms with van der Waals surface area (Å²) in [5.74, 6) is 0.120. The first kappa shape index (κ1) is 14.1. The van der Waals surface area contributed by atoms with Gasteiger partial charge in [0, 0.05) is 14.7 Å². The van der Waals surface area contributed by atoms with Gasteiger partial charge in [0.1, 0.15) is 0 Å². The molecule has 0 amide bonds. The van der Waals surface area contributed by atoms with Gasteiger partial charge in [0.15, 0.2) is 0 Å². The van der Waals surface area contributed by atoms with Crippen LogP contribution in [0.5, 0.6) is 0 Å². The Morgan fingerprint density at radius 1 is 1.56 bits per heavy atom. The molecule has 2 rings (SSSR count). The Bertz CT molecular complexity index is 419. The zero-order chi connectivity index (χ0) is 13.2. The van der Waals surface area contributed by atoms with E-state index in [-0.39, 0.29) is 0 Å². The van der Waals surface area contributed by atoms with E-state index in [1.54, 1.807) is 11.3 Å². The number of rotatable bonds is 4. The first-order valence-corrected chi connectivity index (χ1v) is 8.19. The molecule has 4 heteroatoms. The molecule has 1 aromatic rings. The highest BCUT2D eigenvalue weighted by Crippen LogP contribution is 2.43. The zero-order valence-electron chi connectivity index (χ0n) is 10.6. The average Bonchev–Trinajstić information content (AvgIpc) is 2.75. The quantitative estimate of drug-likeness (QED) is 0.866. The second-order valence-electron chi connectivity index (χ2n) is 5.35. The number of carboxylic acids is 1. The van der Waals surface area contributed by atoms with Crippen molar-refractivity contribution in [3.63, 3.8) is 0 Å². The van der Waals surface area contributed by atoms with Crippen LogP contribution in [-0.2, 0) is 11.2 Å². The minimum absolute atomic E-state index is 0.518. The van der Waals surface area contributed by atoms with E-state index in [0.29, 0.717) is 6.42 Å². The van der Waals surface area contributed by atoms with Crippen LogP contribution >= 0.6 is 27.3 Å². The molecule has 1 fully saturated rings. The molecule has 18 heavy (non-hydrogen) atoms. The molecule has 1 N–H and O–H groups in total. The molecule has 100 valence electrons. The highest BCUT2D eigenvalue weighted by Gasteiger charge is 2.41. The minimum Gasteiger partial charge on any atom is -0.481 e. The smallest absolute Gasteiger partial charge is 0.309 e. The van der Waals surface area contributed by atoms with E-state index < -0.39 is 11.4 Å². The first-order valence-electron chi connectivity index (χ1n) is 6.52. The summed E-state index contributed by atoms with van der Waals surface area (Å²) in [6, 6.07) is 2.06. The molecule has 1 heterocycles. The van der Waals surface area contributed by atoms with Crippen molar-refractivity contribution in [2.75, 3.05) is 0 Å². The summed E-state index contributed by atoms with van der Waals surface area (Å²) >= 11 is 5.09. The summed E-state index contributed by atoms with van der Waals surface area (Å²) in [5.41, 5.74) is -0.518. The van der Waals surface area contributed by atoms with Crippen LogP contribution in [-0.4, -0.2) is 11.1 Å². The van der Waals surface area contributed by atoms with Gasteiger partial charge in [0.2, 0.25) is 0 Å². The summed E-state index contributed by atoms with van der Waals surface area (Å²) < 4.78 is 1.06. The molecular weight excluding hydrogens is 312 g/mol. The number of thiophene rings is 1. The van der Waals surface area contributed by atoms with E-state index in [1.807, 2.05) is 5.38 Å². The van der Waals surface area contributed by atoms with Crippen LogP contribution in [0.4, 0.5) is 0 Å². The molecule has 0 aromatic carbocycles. The number of hydrogen-bond donors (Lipinski definition) is 1. The van der Waals surface area contributed by atoms with Gasteiger partial charge in [-0.15, -0.1) is 11.3 Å². The van der Waals surface area contributed by atoms with Gasteiger partial charge in [-0.05, 0) is 60.0 Å². The summed E-state index contributed by atoms with van der Waals surface area (Å²) in [7, 11) is 0. The lowest BCUT2D eigenvalue weighted by atomic mass is 9.68. The molecule has 0 bridgehead atoms. The highest BCUT2D eigenvalue weighted by atomic mass is 79.9. The third kappa shape index (κ3) is 2.97. The topological polar surface area (TPSA) is 37.3 Å². The van der Waals surface area contributed by atoms with Gasteiger partial charge in [-0.3, -0.25) is 4.79 Å². The molecule has 1 aromatic heterocycles. The lowest BCUT2D eigenvalue weighted by Gasteiger charge is -2.36. The Kier molecular flexibility index (Phi) is 4.49. The third-order valence-corrected chi connectivity index (χ3v) is 5.93. The van der Waals surface area contributed by atoms with E-state index in [4.69, 9.17) is 0 Å². The largest absolute Gasteiger partial charge is 0.481 e. The van der Waals surface area contributed by atoms with E-state index in [0.717, 1.165) is 36.1 Å². The van der Waals surface area contributed by atoms with Gasteiger partial charge in [0.25, 0.3) is 0 Å². The van der Waals surface area contributed by atoms with Crippen molar-refractivity contribution < 1.29 is 9.90 Å². The Balaban J connectivity index is 2.11. The Morgan fingerprint density at radius 2 is 2.22 bits per heavy atom. The van der Waals surface area contributed by atoms with E-state index in [1.165, 1.54) is 11.3 Å². The van der Waals surface area contributed by atoms with E-state index in [9.17, 15) is 9.90 Å². The van der Waals surface area contributed by atoms with Crippen molar-refractivity contribution in [3.05, 3.63) is 20.8 Å². The average molecular weight is 331 g/mol. The SMILES string of the molecule is CCC1CCC(Cc2cc(Br)cs2)(C(=O)O)CC1. The van der Waals surface area contributed by atoms with Crippen LogP contribution in [0.25, 0.3) is 0 Å². The molecule has 1 aliphatic carbocycles. The van der Waals surface area contributed by atoms with E-state index in [2.05, 4.69) is 28.9 Å². The third-order valence-electron chi connectivity index (χ3n) is 4.23. The maximum atomic E-state index is 11.7. The number of aliphatic carboxylic acids is 1. The predicted molar refractivity (Wildman–Crippen MR) is 78.0 cm³/mol. The lowest BCUT2D eigenvalue weighted by molar-refractivity contribution is -0.151. The number of hydrogen-bond acceptors (Lipinski definition) is 2. The van der Waals surface area contributed by atoms with Crippen molar-refractivity contribution in [2.45, 2.75) is 45.4 Å². The van der Waals surface area contributed by atoms with Crippen molar-refractivity contribution in [1.82, 2.24) is 0 Å². The van der Waals surface area contributed by atoms with Crippen LogP contribution in [0.15, 0.2) is 15.9 Å². The number of carboxylic acid groups (broad SMARTS) is 1. The molecule has 2 nitrogen and oxygen atoms in total. The first-order chi connectivity index (χ1) is 8.55. The Morgan fingerprint density at radius 3 is 2.67 bits per heavy atom. The molecule has 1 aliphatic rings. The normalized spacial score (nSPS) is 28.2. The molecular formula is C14H19BrO2S. The summed E-state index contributed by atoms with van der Waals surface area (Å²) in [5, 5.41) is 11.6. The summed E-state index contributed by atoms with van der Waals surface area (Å²) in [6.07, 6.45) is 5.66. The van der Waals surface area contributed by atoms with Crippen LogP contribution < -0.4 is 0 Å². The van der Waals surface area contributed by atoms with E-state index >= 15 is 0 Å². The van der Waals surface area contributed by atoms with Gasteiger partial charge in [0.05, 0.1) is 5.41 Å². The van der Waals surface area contributed by atoms with Gasteiger partial charge >= 0.3 is 5.97 Å². The van der Waals surface area contributed by atoms with Crippen molar-refractivity contribution in [3.8, 4) is 0 Å². The summed E-state index contributed by atoms with van der Waals surface area (Å²) in [4.78, 5) is 12.9. The van der Waals surface area contributed by atoms with Crippen LogP contribution in [0.1, 0.15) is 43.9 Å². The fourth-order valence-corrected chi connectivity index (χ4v) is 4.48. The maximum absolute atomic E-state index is 11.7. The fraction of sp³-hybridized carbons (Fsp3) is 0.643. The van der Waals surface area contributed by atoms with Crippen molar-refractivity contribution in [1.29, 1.82) is 0 Å². The van der Waals surface area contributed by atoms with Crippen molar-refractivity contribution in [2.24, 2.45) is 11.3 Å². The molecule has 1 saturated carbocycles. The highest BCUT2D eigenvalue weighted by molar-refractivity contribution is 9.10. The minimum atomic E-state index is -0.610. The predicted octanol–water partition coefficient (Wildman–Crippen LogP) is 4.72. The monoisotopic (exact) mass is 330 g/mol. The Labute approximate surface area is 121 Å². The van der Waals surface area contributed by atoms with Crippen molar-refractivity contribution >= 4 is 33.2 Å². The fourth-order valence-electron chi connectivity index (χ4n) is 2.88. The standard InChI is InChI=1S/C14H19BrO2S/c1-2-10-3-5-14(6-4-10,13(16)17)8-12-7-11(15)9-18-12/h7,9-10H,2-6,8H2,1H3,(H,16,17). The number of halogens is 1. The Hall–Kier alpha value is -0.350. The lowest BCUT2D eigenvalue weighted by Crippen LogP contribution is -2.37. The zero-order valence-corrected chi connectivity index (χ0v) is 13.0. The molecule has 0 radical (unpaired) electrons. The van der Waals surface area contributed by atoms with Gasteiger partial charge < -0.3 is 5.11 Å². The van der Waals surface area contributed by atoms with Crippen LogP contribution in [0, 0.1) is 11.3 Å². The van der Waals surface area contributed by atoms with Gasteiger partial charge in [-0.2, -0.15) is 0 Å². The van der Waals surface area contributed by atoms with Gasteiger partial charge in [-0.1, -0.05) is 13.3 Å². The second kappa shape index (κ2) is 5.74. The molecule has 0 aliphatic heterocycles. The summed E-state index contributed by atoms with van der Waals surface area (Å²) in [6.45, 7) is 2.20. The maximum Gasteiger partial charge on any atom is 0.309 e. The molecule has 0 spiro atoms. The molecule has 0 unspecified atom stereocenters. The van der Waals surface area contributed by atoms with Gasteiger partial charge in [-0.25, -0.2) is 0 Å². The number of carbonyl (C=O) groups is 1. The molecule has 0 saturated heterocycles.